The van der Waals surface area contributed by atoms with Crippen molar-refractivity contribution in [2.24, 2.45) is 0 Å². The van der Waals surface area contributed by atoms with Gasteiger partial charge in [-0.3, -0.25) is 0 Å². The lowest BCUT2D eigenvalue weighted by molar-refractivity contribution is -0.270. The lowest BCUT2D eigenvalue weighted by atomic mass is 10.1. The third kappa shape index (κ3) is 3.45. The quantitative estimate of drug-likeness (QED) is 0.837. The molecule has 1 aromatic carbocycles. The molecule has 0 aromatic heterocycles. The second-order valence-corrected chi connectivity index (χ2v) is 7.29. The summed E-state index contributed by atoms with van der Waals surface area (Å²) in [5, 5.41) is 0. The van der Waals surface area contributed by atoms with Crippen molar-refractivity contribution in [3.63, 3.8) is 0 Å². The standard InChI is InChI=1S/C19H25NO5/c1-19(2)24-17-16-14(22-18(17)25-19)11-21-15(23-16)10-7-12-5-8-13(9-6-12)20(3)4/h5-10,14-18H,11H2,1-4H3/b10-7+/t14-,15+,16+,17-,18-/m1/s1. The van der Waals surface area contributed by atoms with Crippen LogP contribution in [0, 0.1) is 0 Å². The van der Waals surface area contributed by atoms with Gasteiger partial charge in [0, 0.05) is 19.8 Å². The zero-order valence-electron chi connectivity index (χ0n) is 15.0. The minimum atomic E-state index is -0.637. The Balaban J connectivity index is 1.40. The van der Waals surface area contributed by atoms with Gasteiger partial charge in [-0.25, -0.2) is 0 Å². The number of rotatable bonds is 3. The first-order chi connectivity index (χ1) is 11.9. The van der Waals surface area contributed by atoms with E-state index in [4.69, 9.17) is 23.7 Å². The highest BCUT2D eigenvalue weighted by molar-refractivity contribution is 5.55. The van der Waals surface area contributed by atoms with E-state index in [1.165, 1.54) is 5.69 Å². The van der Waals surface area contributed by atoms with Gasteiger partial charge in [-0.2, -0.15) is 0 Å². The average Bonchev–Trinajstić information content (AvgIpc) is 3.04. The van der Waals surface area contributed by atoms with Gasteiger partial charge in [0.15, 0.2) is 18.4 Å². The van der Waals surface area contributed by atoms with Crippen molar-refractivity contribution in [1.82, 2.24) is 0 Å². The molecule has 136 valence electrons. The van der Waals surface area contributed by atoms with Crippen molar-refractivity contribution in [3.05, 3.63) is 35.9 Å². The van der Waals surface area contributed by atoms with Gasteiger partial charge in [0.2, 0.25) is 0 Å². The number of hydrogen-bond acceptors (Lipinski definition) is 6. The Hall–Kier alpha value is -1.44. The van der Waals surface area contributed by atoms with Crippen LogP contribution < -0.4 is 4.90 Å². The van der Waals surface area contributed by atoms with E-state index in [1.54, 1.807) is 0 Å². The topological polar surface area (TPSA) is 49.4 Å². The van der Waals surface area contributed by atoms with Crippen LogP contribution in [0.15, 0.2) is 30.3 Å². The first-order valence-electron chi connectivity index (χ1n) is 8.65. The highest BCUT2D eigenvalue weighted by Gasteiger charge is 2.57. The molecule has 3 heterocycles. The number of hydrogen-bond donors (Lipinski definition) is 0. The summed E-state index contributed by atoms with van der Waals surface area (Å²) in [5.41, 5.74) is 2.27. The van der Waals surface area contributed by atoms with Gasteiger partial charge in [-0.15, -0.1) is 0 Å². The van der Waals surface area contributed by atoms with Crippen LogP contribution in [0.2, 0.25) is 0 Å². The summed E-state index contributed by atoms with van der Waals surface area (Å²) in [6.45, 7) is 4.25. The highest BCUT2D eigenvalue weighted by Crippen LogP contribution is 2.40. The number of ether oxygens (including phenoxy) is 5. The molecule has 6 heteroatoms. The molecule has 0 saturated carbocycles. The Labute approximate surface area is 148 Å². The molecule has 4 rings (SSSR count). The van der Waals surface area contributed by atoms with Crippen LogP contribution >= 0.6 is 0 Å². The van der Waals surface area contributed by atoms with Crippen LogP contribution in [0.3, 0.4) is 0 Å². The molecule has 25 heavy (non-hydrogen) atoms. The summed E-state index contributed by atoms with van der Waals surface area (Å²) >= 11 is 0. The fourth-order valence-electron chi connectivity index (χ4n) is 3.40. The molecule has 3 aliphatic rings. The summed E-state index contributed by atoms with van der Waals surface area (Å²) in [5.74, 6) is -0.637. The summed E-state index contributed by atoms with van der Waals surface area (Å²) in [6, 6.07) is 8.31. The van der Waals surface area contributed by atoms with E-state index in [0.717, 1.165) is 5.56 Å². The van der Waals surface area contributed by atoms with Crippen molar-refractivity contribution in [3.8, 4) is 0 Å². The Morgan fingerprint density at radius 1 is 1.04 bits per heavy atom. The van der Waals surface area contributed by atoms with E-state index < -0.39 is 12.1 Å². The van der Waals surface area contributed by atoms with E-state index in [-0.39, 0.29) is 24.6 Å². The molecule has 0 N–H and O–H groups in total. The molecule has 0 aliphatic carbocycles. The second kappa shape index (κ2) is 6.37. The fraction of sp³-hybridized carbons (Fsp3) is 0.579. The third-order valence-electron chi connectivity index (χ3n) is 4.66. The Kier molecular flexibility index (Phi) is 4.33. The smallest absolute Gasteiger partial charge is 0.190 e. The maximum atomic E-state index is 6.05. The normalized spacial score (nSPS) is 36.4. The van der Waals surface area contributed by atoms with Crippen molar-refractivity contribution in [1.29, 1.82) is 0 Å². The first-order valence-corrected chi connectivity index (χ1v) is 8.65. The number of nitrogens with zero attached hydrogens (tertiary/aromatic N) is 1. The van der Waals surface area contributed by atoms with Crippen LogP contribution in [-0.4, -0.2) is 57.4 Å². The van der Waals surface area contributed by atoms with E-state index in [9.17, 15) is 0 Å². The molecule has 0 bridgehead atoms. The molecule has 3 fully saturated rings. The van der Waals surface area contributed by atoms with Gasteiger partial charge < -0.3 is 28.6 Å². The number of benzene rings is 1. The SMILES string of the molecule is CN(C)c1ccc(/C=C/[C@H]2OC[C@H]3O[C@@H]4OC(C)(C)O[C@@H]4[C@H]3O2)cc1. The van der Waals surface area contributed by atoms with Crippen molar-refractivity contribution < 1.29 is 23.7 Å². The summed E-state index contributed by atoms with van der Waals surface area (Å²) in [7, 11) is 4.05. The maximum Gasteiger partial charge on any atom is 0.190 e. The van der Waals surface area contributed by atoms with E-state index in [1.807, 2.05) is 40.1 Å². The summed E-state index contributed by atoms with van der Waals surface area (Å²) in [4.78, 5) is 2.07. The molecule has 0 amide bonds. The van der Waals surface area contributed by atoms with Gasteiger partial charge >= 0.3 is 0 Å². The Morgan fingerprint density at radius 3 is 2.52 bits per heavy atom. The first kappa shape index (κ1) is 17.0. The largest absolute Gasteiger partial charge is 0.378 e. The van der Waals surface area contributed by atoms with Crippen LogP contribution in [0.5, 0.6) is 0 Å². The van der Waals surface area contributed by atoms with Crippen molar-refractivity contribution in [2.75, 3.05) is 25.6 Å². The van der Waals surface area contributed by atoms with E-state index in [0.29, 0.717) is 6.61 Å². The van der Waals surface area contributed by atoms with Gasteiger partial charge in [0.05, 0.1) is 6.61 Å². The van der Waals surface area contributed by atoms with E-state index in [2.05, 4.69) is 29.2 Å². The molecule has 1 aromatic rings. The Bertz CT molecular complexity index is 642. The third-order valence-corrected chi connectivity index (χ3v) is 4.66. The minimum absolute atomic E-state index is 0.143. The zero-order valence-corrected chi connectivity index (χ0v) is 15.0. The highest BCUT2D eigenvalue weighted by atomic mass is 16.9. The number of fused-ring (bicyclic) bond motifs is 3. The molecule has 6 nitrogen and oxygen atoms in total. The van der Waals surface area contributed by atoms with Gasteiger partial charge in [0.1, 0.15) is 18.3 Å². The van der Waals surface area contributed by atoms with Crippen LogP contribution in [0.1, 0.15) is 19.4 Å². The molecule has 3 saturated heterocycles. The monoisotopic (exact) mass is 347 g/mol. The number of anilines is 1. The van der Waals surface area contributed by atoms with Crippen LogP contribution in [0.25, 0.3) is 6.08 Å². The zero-order chi connectivity index (χ0) is 17.6. The molecule has 0 unspecified atom stereocenters. The maximum absolute atomic E-state index is 6.05. The van der Waals surface area contributed by atoms with Crippen molar-refractivity contribution >= 4 is 11.8 Å². The predicted molar refractivity (Wildman–Crippen MR) is 93.1 cm³/mol. The molecular weight excluding hydrogens is 322 g/mol. The fourth-order valence-corrected chi connectivity index (χ4v) is 3.40. The molecule has 0 spiro atoms. The minimum Gasteiger partial charge on any atom is -0.378 e. The van der Waals surface area contributed by atoms with Crippen LogP contribution in [0.4, 0.5) is 5.69 Å². The predicted octanol–water partition coefficient (Wildman–Crippen LogP) is 2.38. The Morgan fingerprint density at radius 2 is 1.80 bits per heavy atom. The molecule has 0 radical (unpaired) electrons. The average molecular weight is 347 g/mol. The molecule has 5 atom stereocenters. The van der Waals surface area contributed by atoms with Crippen LogP contribution in [-0.2, 0) is 23.7 Å². The van der Waals surface area contributed by atoms with Crippen molar-refractivity contribution in [2.45, 2.75) is 50.5 Å². The van der Waals surface area contributed by atoms with E-state index >= 15 is 0 Å². The molecular formula is C19H25NO5. The lowest BCUT2D eigenvalue weighted by Crippen LogP contribution is -2.46. The van der Waals surface area contributed by atoms with Gasteiger partial charge in [-0.1, -0.05) is 18.2 Å². The lowest BCUT2D eigenvalue weighted by Gasteiger charge is -2.33. The summed E-state index contributed by atoms with van der Waals surface area (Å²) < 4.78 is 29.3. The summed E-state index contributed by atoms with van der Waals surface area (Å²) in [6.07, 6.45) is 2.61. The second-order valence-electron chi connectivity index (χ2n) is 7.29. The van der Waals surface area contributed by atoms with Gasteiger partial charge in [-0.05, 0) is 37.6 Å². The molecule has 3 aliphatic heterocycles. The van der Waals surface area contributed by atoms with Gasteiger partial charge in [0.25, 0.3) is 0 Å².